The van der Waals surface area contributed by atoms with Gasteiger partial charge in [-0.1, -0.05) is 18.2 Å². The van der Waals surface area contributed by atoms with Gasteiger partial charge in [-0.25, -0.2) is 18.9 Å². The number of pyridine rings is 1. The predicted octanol–water partition coefficient (Wildman–Crippen LogP) is 2.59. The highest BCUT2D eigenvalue weighted by atomic mass is 32.2. The number of fused-ring (bicyclic) bond motifs is 1. The van der Waals surface area contributed by atoms with Crippen LogP contribution in [0, 0.1) is 0 Å². The largest absolute Gasteiger partial charge is 0.497 e. The van der Waals surface area contributed by atoms with Crippen LogP contribution in [0.2, 0.25) is 0 Å². The van der Waals surface area contributed by atoms with Crippen LogP contribution < -0.4 is 10.2 Å². The maximum absolute atomic E-state index is 13.1. The van der Waals surface area contributed by atoms with E-state index in [2.05, 4.69) is 4.98 Å². The number of carbonyl (C=O) groups excluding carboxylic acids is 1. The van der Waals surface area contributed by atoms with E-state index >= 15 is 0 Å². The molecule has 0 radical (unpaired) electrons. The van der Waals surface area contributed by atoms with Gasteiger partial charge in [0.05, 0.1) is 17.5 Å². The first-order valence-electron chi connectivity index (χ1n) is 7.87. The molecule has 3 aromatic rings. The fourth-order valence-electron chi connectivity index (χ4n) is 2.52. The van der Waals surface area contributed by atoms with Crippen LogP contribution in [0.25, 0.3) is 17.0 Å². The Bertz CT molecular complexity index is 1120. The van der Waals surface area contributed by atoms with Crippen LogP contribution in [0.4, 0.5) is 0 Å². The van der Waals surface area contributed by atoms with Gasteiger partial charge in [0.15, 0.2) is 5.03 Å². The molecule has 7 nitrogen and oxygen atoms in total. The number of aromatic nitrogens is 1. The van der Waals surface area contributed by atoms with Crippen LogP contribution in [-0.2, 0) is 14.6 Å². The molecular formula is C19H16N2O5S. The van der Waals surface area contributed by atoms with Crippen LogP contribution in [0.1, 0.15) is 5.56 Å². The van der Waals surface area contributed by atoms with Crippen molar-refractivity contribution in [2.75, 3.05) is 7.11 Å². The number of carbonyl (C=O) groups is 1. The van der Waals surface area contributed by atoms with E-state index in [4.69, 9.17) is 9.94 Å². The Hall–Kier alpha value is -3.23. The summed E-state index contributed by atoms with van der Waals surface area (Å²) >= 11 is 0. The van der Waals surface area contributed by atoms with E-state index in [9.17, 15) is 13.2 Å². The van der Waals surface area contributed by atoms with Crippen LogP contribution in [0.15, 0.2) is 70.6 Å². The van der Waals surface area contributed by atoms with Crippen molar-refractivity contribution >= 4 is 32.7 Å². The molecule has 0 spiro atoms. The standard InChI is InChI=1S/C19H16N2O5S/c1-26-15-7-9-16(10-8-15)27(24,25)19-14(6-11-18(22)21-23)12-13-4-2-3-5-17(13)20-19/h2-12,23H,1H3,(H,21,22)/b11-6+. The van der Waals surface area contributed by atoms with Crippen molar-refractivity contribution in [1.29, 1.82) is 0 Å². The molecule has 2 aromatic carbocycles. The van der Waals surface area contributed by atoms with Gasteiger partial charge >= 0.3 is 0 Å². The Balaban J connectivity index is 2.20. The number of hydrogen-bond donors (Lipinski definition) is 2. The molecule has 8 heteroatoms. The van der Waals surface area contributed by atoms with Crippen molar-refractivity contribution in [3.63, 3.8) is 0 Å². The molecule has 27 heavy (non-hydrogen) atoms. The lowest BCUT2D eigenvalue weighted by Gasteiger charge is -2.10. The van der Waals surface area contributed by atoms with Gasteiger partial charge in [0, 0.05) is 17.0 Å². The maximum atomic E-state index is 13.1. The lowest BCUT2D eigenvalue weighted by atomic mass is 10.1. The minimum Gasteiger partial charge on any atom is -0.497 e. The summed E-state index contributed by atoms with van der Waals surface area (Å²) in [6.45, 7) is 0. The first kappa shape index (κ1) is 18.6. The van der Waals surface area contributed by atoms with E-state index in [-0.39, 0.29) is 15.5 Å². The number of amides is 1. The molecule has 0 bridgehead atoms. The molecule has 0 unspecified atom stereocenters. The zero-order chi connectivity index (χ0) is 19.4. The van der Waals surface area contributed by atoms with E-state index < -0.39 is 15.7 Å². The van der Waals surface area contributed by atoms with Crippen molar-refractivity contribution in [2.45, 2.75) is 9.92 Å². The molecule has 1 heterocycles. The van der Waals surface area contributed by atoms with Gasteiger partial charge < -0.3 is 4.74 Å². The molecule has 138 valence electrons. The minimum atomic E-state index is -3.95. The zero-order valence-corrected chi connectivity index (χ0v) is 15.1. The number of sulfone groups is 1. The van der Waals surface area contributed by atoms with E-state index in [1.165, 1.54) is 30.8 Å². The van der Waals surface area contributed by atoms with Crippen molar-refractivity contribution in [3.8, 4) is 5.75 Å². The monoisotopic (exact) mass is 384 g/mol. The van der Waals surface area contributed by atoms with E-state index in [1.807, 2.05) is 0 Å². The topological polar surface area (TPSA) is 106 Å². The molecule has 1 aromatic heterocycles. The van der Waals surface area contributed by atoms with Crippen LogP contribution in [0.5, 0.6) is 5.75 Å². The van der Waals surface area contributed by atoms with Crippen molar-refractivity contribution in [3.05, 3.63) is 66.2 Å². The van der Waals surface area contributed by atoms with E-state index in [0.29, 0.717) is 11.3 Å². The third kappa shape index (κ3) is 3.81. The predicted molar refractivity (Wildman–Crippen MR) is 99.2 cm³/mol. The average Bonchev–Trinajstić information content (AvgIpc) is 2.71. The second-order valence-electron chi connectivity index (χ2n) is 5.56. The molecule has 0 aliphatic heterocycles. The smallest absolute Gasteiger partial charge is 0.267 e. The van der Waals surface area contributed by atoms with Gasteiger partial charge in [0.2, 0.25) is 9.84 Å². The van der Waals surface area contributed by atoms with E-state index in [1.54, 1.807) is 42.5 Å². The number of hydrogen-bond acceptors (Lipinski definition) is 6. The number of hydroxylamine groups is 1. The summed E-state index contributed by atoms with van der Waals surface area (Å²) in [6.07, 6.45) is 2.32. The number of nitrogens with one attached hydrogen (secondary N) is 1. The quantitative estimate of drug-likeness (QED) is 0.398. The number of para-hydroxylation sites is 1. The van der Waals surface area contributed by atoms with Gasteiger partial charge in [-0.3, -0.25) is 10.0 Å². The second-order valence-corrected chi connectivity index (χ2v) is 7.43. The van der Waals surface area contributed by atoms with Crippen molar-refractivity contribution in [1.82, 2.24) is 10.5 Å². The Morgan fingerprint density at radius 1 is 1.15 bits per heavy atom. The first-order chi connectivity index (χ1) is 13.0. The highest BCUT2D eigenvalue weighted by molar-refractivity contribution is 7.91. The van der Waals surface area contributed by atoms with Gasteiger partial charge in [-0.05, 0) is 42.5 Å². The lowest BCUT2D eigenvalue weighted by molar-refractivity contribution is -0.124. The minimum absolute atomic E-state index is 0.0485. The Labute approximate surface area is 155 Å². The van der Waals surface area contributed by atoms with E-state index in [0.717, 1.165) is 11.5 Å². The highest BCUT2D eigenvalue weighted by Crippen LogP contribution is 2.28. The van der Waals surface area contributed by atoms with Gasteiger partial charge in [-0.15, -0.1) is 0 Å². The van der Waals surface area contributed by atoms with Crippen LogP contribution in [0.3, 0.4) is 0 Å². The lowest BCUT2D eigenvalue weighted by Crippen LogP contribution is -2.15. The fourth-order valence-corrected chi connectivity index (χ4v) is 3.89. The summed E-state index contributed by atoms with van der Waals surface area (Å²) in [4.78, 5) is 15.7. The Morgan fingerprint density at radius 2 is 1.85 bits per heavy atom. The number of benzene rings is 2. The summed E-state index contributed by atoms with van der Waals surface area (Å²) in [5, 5.41) is 9.18. The second kappa shape index (κ2) is 7.56. The molecule has 0 saturated carbocycles. The third-order valence-corrected chi connectivity index (χ3v) is 5.59. The molecule has 0 atom stereocenters. The molecule has 2 N–H and O–H groups in total. The number of rotatable bonds is 5. The van der Waals surface area contributed by atoms with Gasteiger partial charge in [0.25, 0.3) is 5.91 Å². The molecule has 1 amide bonds. The van der Waals surface area contributed by atoms with Crippen molar-refractivity contribution < 1.29 is 23.2 Å². The normalized spacial score (nSPS) is 11.6. The van der Waals surface area contributed by atoms with Crippen LogP contribution >= 0.6 is 0 Å². The maximum Gasteiger partial charge on any atom is 0.267 e. The number of nitrogens with zero attached hydrogens (tertiary/aromatic N) is 1. The molecular weight excluding hydrogens is 368 g/mol. The van der Waals surface area contributed by atoms with Gasteiger partial charge in [0.1, 0.15) is 5.75 Å². The summed E-state index contributed by atoms with van der Waals surface area (Å²) in [5.41, 5.74) is 2.20. The first-order valence-corrected chi connectivity index (χ1v) is 9.35. The molecule has 0 saturated heterocycles. The SMILES string of the molecule is COc1ccc(S(=O)(=O)c2nc3ccccc3cc2/C=C/C(=O)NO)cc1. The zero-order valence-electron chi connectivity index (χ0n) is 14.3. The third-order valence-electron chi connectivity index (χ3n) is 3.87. The number of methoxy groups -OCH3 is 1. The van der Waals surface area contributed by atoms with Crippen LogP contribution in [-0.4, -0.2) is 31.6 Å². The summed E-state index contributed by atoms with van der Waals surface area (Å²) in [6, 6.07) is 14.6. The molecule has 0 aliphatic rings. The van der Waals surface area contributed by atoms with Crippen molar-refractivity contribution in [2.24, 2.45) is 0 Å². The summed E-state index contributed by atoms with van der Waals surface area (Å²) < 4.78 is 31.3. The Morgan fingerprint density at radius 3 is 2.52 bits per heavy atom. The fraction of sp³-hybridized carbons (Fsp3) is 0.0526. The molecule has 0 aliphatic carbocycles. The average molecular weight is 384 g/mol. The summed E-state index contributed by atoms with van der Waals surface area (Å²) in [7, 11) is -2.46. The number of ether oxygens (including phenoxy) is 1. The highest BCUT2D eigenvalue weighted by Gasteiger charge is 2.23. The molecule has 3 rings (SSSR count). The van der Waals surface area contributed by atoms with Gasteiger partial charge in [-0.2, -0.15) is 0 Å². The summed E-state index contributed by atoms with van der Waals surface area (Å²) in [5.74, 6) is -0.254. The Kier molecular flexibility index (Phi) is 5.20. The molecule has 0 fully saturated rings.